The van der Waals surface area contributed by atoms with Crippen LogP contribution in [0.25, 0.3) is 0 Å². The van der Waals surface area contributed by atoms with Gasteiger partial charge in [-0.1, -0.05) is 122 Å². The largest absolute Gasteiger partial charge is 0.460 e. The molecular weight excluding hydrogens is 949 g/mol. The highest BCUT2D eigenvalue weighted by Gasteiger charge is 2.44. The van der Waals surface area contributed by atoms with Gasteiger partial charge in [-0.2, -0.15) is 0 Å². The van der Waals surface area contributed by atoms with Crippen molar-refractivity contribution in [3.05, 3.63) is 71.8 Å². The maximum absolute atomic E-state index is 14.7. The van der Waals surface area contributed by atoms with Crippen molar-refractivity contribution in [1.82, 2.24) is 30.4 Å². The Labute approximate surface area is 439 Å². The van der Waals surface area contributed by atoms with Crippen molar-refractivity contribution in [2.24, 2.45) is 23.7 Å². The van der Waals surface area contributed by atoms with Crippen LogP contribution < -0.4 is 10.6 Å². The predicted molar refractivity (Wildman–Crippen MR) is 279 cm³/mol. The lowest BCUT2D eigenvalue weighted by molar-refractivity contribution is -0.197. The smallest absolute Gasteiger partial charge is 0.333 e. The Kier molecular flexibility index (Phi) is 25.1. The van der Waals surface area contributed by atoms with Crippen LogP contribution >= 0.6 is 0 Å². The van der Waals surface area contributed by atoms with Gasteiger partial charge in [-0.15, -0.1) is 5.06 Å². The number of ether oxygens (including phenoxy) is 3. The summed E-state index contributed by atoms with van der Waals surface area (Å²) in [6.07, 6.45) is 1.63. The van der Waals surface area contributed by atoms with Crippen LogP contribution in [0.5, 0.6) is 0 Å². The number of likely N-dealkylation sites (N-methyl/N-ethyl adjacent to an activating group) is 2. The first-order valence-corrected chi connectivity index (χ1v) is 26.6. The van der Waals surface area contributed by atoms with E-state index in [0.29, 0.717) is 56.7 Å². The van der Waals surface area contributed by atoms with Crippen LogP contribution in [0.1, 0.15) is 124 Å². The van der Waals surface area contributed by atoms with E-state index < -0.39 is 78.3 Å². The number of nitrogens with zero attached hydrogens (tertiary/aromatic N) is 4. The summed E-state index contributed by atoms with van der Waals surface area (Å²) in [6, 6.07) is 15.6. The molecule has 4 rings (SSSR count). The minimum atomic E-state index is -1.21. The Hall–Kier alpha value is -5.27. The fourth-order valence-corrected chi connectivity index (χ4v) is 10.3. The predicted octanol–water partition coefficient (Wildman–Crippen LogP) is 5.43. The number of likely N-dealkylation sites (tertiary alicyclic amines) is 1. The lowest BCUT2D eigenvalue weighted by Crippen LogP contribution is -2.60. The number of amides is 5. The second kappa shape index (κ2) is 30.3. The van der Waals surface area contributed by atoms with E-state index in [4.69, 9.17) is 19.0 Å². The Morgan fingerprint density at radius 2 is 1.45 bits per heavy atom. The van der Waals surface area contributed by atoms with Crippen LogP contribution in [0.15, 0.2) is 60.7 Å². The number of hydrogen-bond donors (Lipinski definition) is 3. The average Bonchev–Trinajstić information content (AvgIpc) is 3.99. The molecule has 2 aromatic carbocycles. The topological polar surface area (TPSA) is 214 Å². The molecule has 2 fully saturated rings. The monoisotopic (exact) mass is 1030 g/mol. The molecule has 5 amide bonds. The van der Waals surface area contributed by atoms with Crippen LogP contribution in [0, 0.1) is 23.7 Å². The number of carbonyl (C=O) groups is 7. The molecule has 74 heavy (non-hydrogen) atoms. The zero-order valence-corrected chi connectivity index (χ0v) is 45.8. The third kappa shape index (κ3) is 17.4. The van der Waals surface area contributed by atoms with Gasteiger partial charge >= 0.3 is 11.9 Å². The highest BCUT2D eigenvalue weighted by atomic mass is 16.7. The molecule has 2 aliphatic heterocycles. The van der Waals surface area contributed by atoms with Gasteiger partial charge in [-0.3, -0.25) is 39.0 Å². The van der Waals surface area contributed by atoms with Gasteiger partial charge in [0.1, 0.15) is 24.9 Å². The molecule has 0 aromatic heterocycles. The number of unbranched alkanes of at least 4 members (excludes halogenated alkanes) is 2. The number of aliphatic hydroxyl groups is 1. The van der Waals surface area contributed by atoms with E-state index >= 15 is 0 Å². The Morgan fingerprint density at radius 3 is 2.01 bits per heavy atom. The number of hydroxylamine groups is 2. The van der Waals surface area contributed by atoms with Crippen molar-refractivity contribution in [1.29, 1.82) is 0 Å². The number of methoxy groups -OCH3 is 2. The molecule has 10 atom stereocenters. The fourth-order valence-electron chi connectivity index (χ4n) is 10.3. The summed E-state index contributed by atoms with van der Waals surface area (Å²) in [6.45, 7) is 14.6. The van der Waals surface area contributed by atoms with Gasteiger partial charge < -0.3 is 39.3 Å². The summed E-state index contributed by atoms with van der Waals surface area (Å²) in [5, 5.41) is 18.5. The van der Waals surface area contributed by atoms with Gasteiger partial charge in [0, 0.05) is 53.0 Å². The van der Waals surface area contributed by atoms with Crippen molar-refractivity contribution in [3.8, 4) is 0 Å². The van der Waals surface area contributed by atoms with Crippen molar-refractivity contribution < 1.29 is 57.7 Å². The van der Waals surface area contributed by atoms with E-state index in [-0.39, 0.29) is 74.2 Å². The first-order chi connectivity index (χ1) is 35.2. The van der Waals surface area contributed by atoms with Crippen molar-refractivity contribution in [2.75, 3.05) is 41.4 Å². The van der Waals surface area contributed by atoms with Crippen molar-refractivity contribution >= 4 is 41.5 Å². The molecule has 0 saturated carbocycles. The number of carbonyl (C=O) groups excluding carboxylic acids is 7. The van der Waals surface area contributed by atoms with E-state index in [1.165, 1.54) is 0 Å². The van der Waals surface area contributed by atoms with Gasteiger partial charge in [-0.25, -0.2) is 4.79 Å². The van der Waals surface area contributed by atoms with Crippen LogP contribution in [-0.4, -0.2) is 156 Å². The molecule has 1 unspecified atom stereocenters. The van der Waals surface area contributed by atoms with Gasteiger partial charge in [0.2, 0.25) is 17.7 Å². The van der Waals surface area contributed by atoms with E-state index in [2.05, 4.69) is 10.6 Å². The minimum Gasteiger partial charge on any atom is -0.460 e. The molecule has 0 spiro atoms. The Morgan fingerprint density at radius 1 is 0.824 bits per heavy atom. The molecule has 18 heteroatoms. The molecule has 0 radical (unpaired) electrons. The van der Waals surface area contributed by atoms with Gasteiger partial charge in [-0.05, 0) is 74.6 Å². The Balaban J connectivity index is 1.40. The summed E-state index contributed by atoms with van der Waals surface area (Å²) >= 11 is 0. The first-order valence-electron chi connectivity index (χ1n) is 26.6. The molecule has 412 valence electrons. The van der Waals surface area contributed by atoms with E-state index in [1.807, 2.05) is 121 Å². The molecule has 0 aliphatic carbocycles. The maximum atomic E-state index is 14.7. The standard InChI is InChI=1S/C56H86N6O12/c1-12-38(6)51(60(9)55(69)49(36(2)3)58-54(68)50(37(4)5)59(8)31-21-15-20-28-48(66)74-62-45(63)29-30-46(62)64)44(71-10)34-47(65)61-32-22-27-43(61)52(72-11)39(7)53(67)57-42(33-40-23-16-13-17-24-40)56(70)73-35-41-25-18-14-19-26-41/h13-14,16-19,23-26,36-39,42-44,49-53,57,67H,12,15,20-22,27-35H2,1-11H3,(H,58,68)/t38-,39+,42-,43-,44+,49-,50-,51-,52+,53?/m0/s1. The summed E-state index contributed by atoms with van der Waals surface area (Å²) in [5.41, 5.74) is 1.73. The van der Waals surface area contributed by atoms with Gasteiger partial charge in [0.15, 0.2) is 0 Å². The van der Waals surface area contributed by atoms with Crippen molar-refractivity contribution in [3.63, 3.8) is 0 Å². The van der Waals surface area contributed by atoms with E-state index in [9.17, 15) is 38.7 Å². The summed E-state index contributed by atoms with van der Waals surface area (Å²) in [4.78, 5) is 103. The van der Waals surface area contributed by atoms with Crippen LogP contribution in [-0.2, 0) is 65.6 Å². The highest BCUT2D eigenvalue weighted by Crippen LogP contribution is 2.31. The lowest BCUT2D eigenvalue weighted by atomic mass is 9.89. The zero-order chi connectivity index (χ0) is 54.6. The second-order valence-electron chi connectivity index (χ2n) is 20.9. The van der Waals surface area contributed by atoms with Gasteiger partial charge in [0.05, 0.1) is 36.8 Å². The summed E-state index contributed by atoms with van der Waals surface area (Å²) in [5.74, 6) is -4.02. The maximum Gasteiger partial charge on any atom is 0.333 e. The van der Waals surface area contributed by atoms with Crippen LogP contribution in [0.3, 0.4) is 0 Å². The SMILES string of the molecule is CC[C@H](C)[C@@H]([C@@H](CC(=O)N1CCC[C@H]1[C@H](OC)[C@@H](C)C(O)N[C@@H](Cc1ccccc1)C(=O)OCc1ccccc1)OC)N(C)C(=O)[C@@H](NC(=O)[C@H](C(C)C)N(C)CCCCCC(=O)ON1C(=O)CCC1=O)C(C)C. The number of rotatable bonds is 31. The third-order valence-electron chi connectivity index (χ3n) is 14.7. The third-order valence-corrected chi connectivity index (χ3v) is 14.7. The fraction of sp³-hybridized carbons (Fsp3) is 0.661. The number of hydrogen-bond acceptors (Lipinski definition) is 14. The van der Waals surface area contributed by atoms with E-state index in [0.717, 1.165) is 11.1 Å². The number of imide groups is 1. The van der Waals surface area contributed by atoms with Crippen LogP contribution in [0.4, 0.5) is 0 Å². The summed E-state index contributed by atoms with van der Waals surface area (Å²) < 4.78 is 17.9. The number of esters is 1. The van der Waals surface area contributed by atoms with Gasteiger partial charge in [0.25, 0.3) is 11.8 Å². The number of aliphatic hydroxyl groups excluding tert-OH is 1. The Bertz CT molecular complexity index is 2100. The molecule has 2 saturated heterocycles. The zero-order valence-electron chi connectivity index (χ0n) is 45.8. The number of benzene rings is 2. The van der Waals surface area contributed by atoms with Crippen molar-refractivity contribution in [2.45, 2.75) is 174 Å². The first kappa shape index (κ1) is 61.3. The molecular formula is C56H86N6O12. The summed E-state index contributed by atoms with van der Waals surface area (Å²) in [7, 11) is 6.67. The van der Waals surface area contributed by atoms with E-state index in [1.54, 1.807) is 31.1 Å². The lowest BCUT2D eigenvalue weighted by Gasteiger charge is -2.41. The molecule has 3 N–H and O–H groups in total. The number of nitrogens with one attached hydrogen (secondary N) is 2. The molecule has 2 aliphatic rings. The molecule has 2 aromatic rings. The van der Waals surface area contributed by atoms with Crippen LogP contribution in [0.2, 0.25) is 0 Å². The highest BCUT2D eigenvalue weighted by molar-refractivity contribution is 6.01. The quantitative estimate of drug-likeness (QED) is 0.0372. The normalized spacial score (nSPS) is 18.7. The molecule has 18 nitrogen and oxygen atoms in total. The molecule has 2 heterocycles. The molecule has 0 bridgehead atoms. The second-order valence-corrected chi connectivity index (χ2v) is 20.9. The average molecular weight is 1040 g/mol. The minimum absolute atomic E-state index is 0.0309.